The first kappa shape index (κ1) is 20.9. The van der Waals surface area contributed by atoms with Crippen molar-refractivity contribution >= 4 is 34.9 Å². The monoisotopic (exact) mass is 395 g/mol. The molecule has 2 aromatic carbocycles. The van der Waals surface area contributed by atoms with Gasteiger partial charge in [-0.3, -0.25) is 4.79 Å². The summed E-state index contributed by atoms with van der Waals surface area (Å²) in [6, 6.07) is 14.6. The molecule has 0 saturated carbocycles. The number of amides is 1. The number of benzene rings is 2. The van der Waals surface area contributed by atoms with Gasteiger partial charge in [0.25, 0.3) is 5.91 Å². The largest absolute Gasteiger partial charge is 0.490 e. The zero-order valence-corrected chi connectivity index (χ0v) is 16.5. The Balaban J connectivity index is 2.11. The van der Waals surface area contributed by atoms with Gasteiger partial charge in [0.2, 0.25) is 0 Å². The van der Waals surface area contributed by atoms with Crippen LogP contribution in [0.4, 0.5) is 5.69 Å². The molecule has 0 atom stereocenters. The third kappa shape index (κ3) is 6.11. The number of nitrogens with one attached hydrogen (secondary N) is 1. The summed E-state index contributed by atoms with van der Waals surface area (Å²) in [5.41, 5.74) is 8.16. The van der Waals surface area contributed by atoms with Crippen molar-refractivity contribution in [1.29, 1.82) is 5.26 Å². The average Bonchev–Trinajstić information content (AvgIpc) is 2.65. The van der Waals surface area contributed by atoms with Crippen LogP contribution < -0.4 is 20.5 Å². The van der Waals surface area contributed by atoms with Crippen molar-refractivity contribution in [3.05, 3.63) is 59.2 Å². The molecule has 0 aliphatic rings. The highest BCUT2D eigenvalue weighted by Gasteiger charge is 2.10. The van der Waals surface area contributed by atoms with Crippen molar-refractivity contribution in [2.75, 3.05) is 18.5 Å². The van der Waals surface area contributed by atoms with Crippen LogP contribution in [0.1, 0.15) is 18.1 Å². The smallest absolute Gasteiger partial charge is 0.262 e. The van der Waals surface area contributed by atoms with Crippen LogP contribution in [-0.2, 0) is 4.79 Å². The molecular weight excluding hydrogens is 374 g/mol. The van der Waals surface area contributed by atoms with Gasteiger partial charge >= 0.3 is 0 Å². The number of rotatable bonds is 8. The molecule has 3 N–H and O–H groups in total. The van der Waals surface area contributed by atoms with Crippen LogP contribution in [0.5, 0.6) is 11.5 Å². The molecule has 7 heteroatoms. The Morgan fingerprint density at radius 1 is 1.25 bits per heavy atom. The van der Waals surface area contributed by atoms with E-state index in [2.05, 4.69) is 5.32 Å². The number of carbonyl (C=O) groups is 1. The first-order chi connectivity index (χ1) is 13.4. The molecular formula is C21H21N3O3S. The lowest BCUT2D eigenvalue weighted by Crippen LogP contribution is -2.20. The summed E-state index contributed by atoms with van der Waals surface area (Å²) in [5.74, 6) is 0.601. The van der Waals surface area contributed by atoms with E-state index in [1.807, 2.05) is 44.2 Å². The third-order valence-electron chi connectivity index (χ3n) is 3.63. The number of ether oxygens (including phenoxy) is 2. The number of anilines is 1. The van der Waals surface area contributed by atoms with E-state index in [4.69, 9.17) is 32.7 Å². The van der Waals surface area contributed by atoms with E-state index >= 15 is 0 Å². The van der Waals surface area contributed by atoms with E-state index in [-0.39, 0.29) is 23.1 Å². The summed E-state index contributed by atoms with van der Waals surface area (Å²) in [6.45, 7) is 4.04. The minimum Gasteiger partial charge on any atom is -0.490 e. The molecule has 0 heterocycles. The maximum absolute atomic E-state index is 12.1. The topological polar surface area (TPSA) is 97.4 Å². The van der Waals surface area contributed by atoms with Gasteiger partial charge in [0.1, 0.15) is 11.1 Å². The number of hydrogen-bond donors (Lipinski definition) is 2. The maximum atomic E-state index is 12.1. The highest BCUT2D eigenvalue weighted by atomic mass is 32.1. The number of nitriles is 1. The van der Waals surface area contributed by atoms with Crippen LogP contribution in [0.25, 0.3) is 6.08 Å². The van der Waals surface area contributed by atoms with Gasteiger partial charge in [0.05, 0.1) is 12.2 Å². The normalized spacial score (nSPS) is 10.7. The number of aryl methyl sites for hydroxylation is 1. The van der Waals surface area contributed by atoms with Crippen LogP contribution in [0.3, 0.4) is 0 Å². The number of nitrogens with two attached hydrogens (primary N) is 1. The van der Waals surface area contributed by atoms with Gasteiger partial charge in [-0.05, 0) is 55.3 Å². The van der Waals surface area contributed by atoms with E-state index in [9.17, 15) is 4.79 Å². The fraction of sp³-hybridized carbons (Fsp3) is 0.190. The van der Waals surface area contributed by atoms with Gasteiger partial charge in [0.15, 0.2) is 18.1 Å². The molecule has 0 saturated heterocycles. The molecule has 28 heavy (non-hydrogen) atoms. The van der Waals surface area contributed by atoms with Crippen LogP contribution in [0.2, 0.25) is 0 Å². The number of thiocarbonyl (C=S) groups is 1. The molecule has 144 valence electrons. The molecule has 0 radical (unpaired) electrons. The van der Waals surface area contributed by atoms with Gasteiger partial charge in [-0.25, -0.2) is 0 Å². The second kappa shape index (κ2) is 10.1. The van der Waals surface area contributed by atoms with Crippen molar-refractivity contribution in [1.82, 2.24) is 0 Å². The molecule has 1 amide bonds. The van der Waals surface area contributed by atoms with E-state index < -0.39 is 0 Å². The zero-order chi connectivity index (χ0) is 20.5. The average molecular weight is 395 g/mol. The zero-order valence-electron chi connectivity index (χ0n) is 15.7. The summed E-state index contributed by atoms with van der Waals surface area (Å²) in [5, 5.41) is 11.9. The first-order valence-electron chi connectivity index (χ1n) is 8.60. The standard InChI is InChI=1S/C21H21N3O3S/c1-3-26-19-11-15(10-16(12-22)21(23)28)7-8-18(19)27-13-20(25)24-17-6-4-5-14(2)9-17/h4-11H,3,13H2,1-2H3,(H2,23,28)(H,24,25)/b16-10+. The molecule has 0 aromatic heterocycles. The van der Waals surface area contributed by atoms with E-state index in [0.717, 1.165) is 5.56 Å². The van der Waals surface area contributed by atoms with Gasteiger partial charge in [-0.2, -0.15) is 5.26 Å². The van der Waals surface area contributed by atoms with Crippen LogP contribution in [-0.4, -0.2) is 24.1 Å². The number of carbonyl (C=O) groups excluding carboxylic acids is 1. The van der Waals surface area contributed by atoms with Gasteiger partial charge in [0, 0.05) is 5.69 Å². The Morgan fingerprint density at radius 3 is 2.68 bits per heavy atom. The lowest BCUT2D eigenvalue weighted by molar-refractivity contribution is -0.118. The van der Waals surface area contributed by atoms with Crippen molar-refractivity contribution in [2.45, 2.75) is 13.8 Å². The summed E-state index contributed by atoms with van der Waals surface area (Å²) in [6.07, 6.45) is 1.57. The summed E-state index contributed by atoms with van der Waals surface area (Å²) < 4.78 is 11.2. The second-order valence-electron chi connectivity index (χ2n) is 5.88. The Kier molecular flexibility index (Phi) is 7.55. The maximum Gasteiger partial charge on any atom is 0.262 e. The van der Waals surface area contributed by atoms with Crippen molar-refractivity contribution in [3.63, 3.8) is 0 Å². The highest BCUT2D eigenvalue weighted by Crippen LogP contribution is 2.29. The minimum absolute atomic E-state index is 0.0219. The van der Waals surface area contributed by atoms with Crippen molar-refractivity contribution in [2.24, 2.45) is 5.73 Å². The fourth-order valence-electron chi connectivity index (χ4n) is 2.39. The van der Waals surface area contributed by atoms with E-state index in [1.54, 1.807) is 24.3 Å². The Labute approximate surface area is 169 Å². The molecule has 0 aliphatic carbocycles. The number of nitrogens with zero attached hydrogens (tertiary/aromatic N) is 1. The Morgan fingerprint density at radius 2 is 2.04 bits per heavy atom. The quantitative estimate of drug-likeness (QED) is 0.403. The molecule has 2 rings (SSSR count). The molecule has 0 unspecified atom stereocenters. The van der Waals surface area contributed by atoms with Gasteiger partial charge < -0.3 is 20.5 Å². The van der Waals surface area contributed by atoms with Crippen molar-refractivity contribution in [3.8, 4) is 17.6 Å². The first-order valence-corrected chi connectivity index (χ1v) is 9.01. The third-order valence-corrected chi connectivity index (χ3v) is 3.85. The van der Waals surface area contributed by atoms with Gasteiger partial charge in [-0.1, -0.05) is 30.4 Å². The highest BCUT2D eigenvalue weighted by molar-refractivity contribution is 7.80. The van der Waals surface area contributed by atoms with Crippen LogP contribution in [0.15, 0.2) is 48.0 Å². The van der Waals surface area contributed by atoms with E-state index in [1.165, 1.54) is 0 Å². The van der Waals surface area contributed by atoms with Crippen molar-refractivity contribution < 1.29 is 14.3 Å². The lowest BCUT2D eigenvalue weighted by atomic mass is 10.1. The Hall–Kier alpha value is -3.37. The number of hydrogen-bond acceptors (Lipinski definition) is 5. The second-order valence-corrected chi connectivity index (χ2v) is 6.32. The summed E-state index contributed by atoms with van der Waals surface area (Å²) in [7, 11) is 0. The lowest BCUT2D eigenvalue weighted by Gasteiger charge is -2.13. The minimum atomic E-state index is -0.280. The van der Waals surface area contributed by atoms with Crippen LogP contribution >= 0.6 is 12.2 Å². The summed E-state index contributed by atoms with van der Waals surface area (Å²) >= 11 is 4.84. The summed E-state index contributed by atoms with van der Waals surface area (Å²) in [4.78, 5) is 12.2. The molecule has 6 nitrogen and oxygen atoms in total. The molecule has 0 bridgehead atoms. The predicted molar refractivity (Wildman–Crippen MR) is 113 cm³/mol. The SMILES string of the molecule is CCOc1cc(/C=C(\C#N)C(N)=S)ccc1OCC(=O)Nc1cccc(C)c1. The predicted octanol–water partition coefficient (Wildman–Crippen LogP) is 3.60. The molecule has 0 spiro atoms. The van der Waals surface area contributed by atoms with E-state index in [0.29, 0.717) is 29.4 Å². The van der Waals surface area contributed by atoms with Gasteiger partial charge in [-0.15, -0.1) is 0 Å². The molecule has 2 aromatic rings. The molecule has 0 fully saturated rings. The Bertz CT molecular complexity index is 948. The van der Waals surface area contributed by atoms with Crippen LogP contribution in [0, 0.1) is 18.3 Å². The molecule has 0 aliphatic heterocycles. The fourth-order valence-corrected chi connectivity index (χ4v) is 2.49.